The Hall–Kier alpha value is -3.92. The van der Waals surface area contributed by atoms with Crippen molar-refractivity contribution in [3.63, 3.8) is 0 Å². The molecule has 0 spiro atoms. The number of carbonyl (C=O) groups is 2. The number of hydrogen-bond donors (Lipinski definition) is 1. The van der Waals surface area contributed by atoms with Gasteiger partial charge in [-0.05, 0) is 139 Å². The van der Waals surface area contributed by atoms with Gasteiger partial charge in [-0.2, -0.15) is 5.10 Å². The topological polar surface area (TPSA) is 110 Å². The van der Waals surface area contributed by atoms with Crippen LogP contribution in [-0.4, -0.2) is 75.7 Å². The van der Waals surface area contributed by atoms with Gasteiger partial charge in [-0.3, -0.25) is 14.4 Å². The molecule has 10 nitrogen and oxygen atoms in total. The Morgan fingerprint density at radius 2 is 1.66 bits per heavy atom. The number of rotatable bonds is 8. The van der Waals surface area contributed by atoms with Crippen LogP contribution in [-0.2, 0) is 15.1 Å². The highest BCUT2D eigenvalue weighted by Gasteiger charge is 2.35. The number of pyridine rings is 1. The van der Waals surface area contributed by atoms with Crippen molar-refractivity contribution in [2.24, 2.45) is 11.8 Å². The number of ether oxygens (including phenoxy) is 2. The zero-order valence-electron chi connectivity index (χ0n) is 30.5. The number of benzene rings is 1. The Balaban J connectivity index is 1.15. The number of aliphatic hydroxyl groups is 1. The van der Waals surface area contributed by atoms with Gasteiger partial charge in [-0.15, -0.1) is 0 Å². The summed E-state index contributed by atoms with van der Waals surface area (Å²) in [5, 5.41) is 14.4. The van der Waals surface area contributed by atoms with Gasteiger partial charge in [-0.1, -0.05) is 12.1 Å². The minimum absolute atomic E-state index is 0.114. The molecule has 10 heteroatoms. The van der Waals surface area contributed by atoms with Crippen LogP contribution < -0.4 is 9.64 Å². The van der Waals surface area contributed by atoms with Gasteiger partial charge in [0, 0.05) is 43.5 Å². The molecule has 270 valence electrons. The number of anilines is 1. The molecule has 0 bridgehead atoms. The van der Waals surface area contributed by atoms with Crippen molar-refractivity contribution in [1.29, 1.82) is 0 Å². The summed E-state index contributed by atoms with van der Waals surface area (Å²) in [7, 11) is 1.72. The molecule has 2 amide bonds. The average molecular weight is 686 g/mol. The molecule has 6 rings (SSSR count). The van der Waals surface area contributed by atoms with Gasteiger partial charge in [-0.25, -0.2) is 9.78 Å². The second-order valence-corrected chi connectivity index (χ2v) is 15.7. The number of methoxy groups -OCH3 is 1. The second kappa shape index (κ2) is 15.5. The maximum atomic E-state index is 14.5. The maximum Gasteiger partial charge on any atom is 0.410 e. The van der Waals surface area contributed by atoms with Crippen LogP contribution in [0.4, 0.5) is 10.6 Å². The molecular weight excluding hydrogens is 630 g/mol. The summed E-state index contributed by atoms with van der Waals surface area (Å²) in [6.07, 6.45) is 13.0. The smallest absolute Gasteiger partial charge is 0.410 e. The summed E-state index contributed by atoms with van der Waals surface area (Å²) in [5.74, 6) is 2.46. The van der Waals surface area contributed by atoms with Gasteiger partial charge in [0.05, 0.1) is 24.9 Å². The quantitative estimate of drug-likeness (QED) is 0.262. The Kier molecular flexibility index (Phi) is 11.2. The third-order valence-electron chi connectivity index (χ3n) is 11.1. The highest BCUT2D eigenvalue weighted by atomic mass is 16.6. The van der Waals surface area contributed by atoms with Gasteiger partial charge >= 0.3 is 6.09 Å². The van der Waals surface area contributed by atoms with E-state index in [1.807, 2.05) is 27.9 Å². The summed E-state index contributed by atoms with van der Waals surface area (Å²) >= 11 is 0. The standard InChI is InChI=1S/C40H55N5O5/c1-27-22-31(12-15-36(27)49-5)29-8-6-28(7-9-29)25-44(37-23-32(16-19-41-37)33-24-42-45(26-33)40(2,3)4)38(47)30-10-13-35(14-11-30)50-39(48)43-20-17-34(46)18-21-43/h12,15-16,19,22-24,26,28-30,34-35,46H,6-11,13-14,17-18,20-21,25H2,1-5H3. The number of amides is 2. The minimum atomic E-state index is -0.340. The Labute approximate surface area is 297 Å². The summed E-state index contributed by atoms with van der Waals surface area (Å²) < 4.78 is 13.3. The number of piperidine rings is 1. The summed E-state index contributed by atoms with van der Waals surface area (Å²) in [6, 6.07) is 10.6. The highest BCUT2D eigenvalue weighted by Crippen LogP contribution is 2.39. The van der Waals surface area contributed by atoms with Crippen LogP contribution in [0.25, 0.3) is 11.1 Å². The molecule has 0 atom stereocenters. The lowest BCUT2D eigenvalue weighted by molar-refractivity contribution is -0.124. The second-order valence-electron chi connectivity index (χ2n) is 15.7. The van der Waals surface area contributed by atoms with Crippen molar-refractivity contribution < 1.29 is 24.2 Å². The van der Waals surface area contributed by atoms with Crippen molar-refractivity contribution >= 4 is 17.8 Å². The minimum Gasteiger partial charge on any atom is -0.496 e. The molecule has 1 saturated heterocycles. The molecule has 3 fully saturated rings. The van der Waals surface area contributed by atoms with Gasteiger partial charge in [0.2, 0.25) is 5.91 Å². The first-order valence-electron chi connectivity index (χ1n) is 18.6. The monoisotopic (exact) mass is 685 g/mol. The Morgan fingerprint density at radius 3 is 2.30 bits per heavy atom. The molecule has 3 heterocycles. The SMILES string of the molecule is COc1ccc(C2CCC(CN(C(=O)C3CCC(OC(=O)N4CCC(O)CC4)CC3)c3cc(-c4cnn(C(C)(C)C)c4)ccn3)CC2)cc1C. The van der Waals surface area contributed by atoms with Crippen LogP contribution in [0.15, 0.2) is 48.9 Å². The van der Waals surface area contributed by atoms with E-state index in [-0.39, 0.29) is 35.7 Å². The number of likely N-dealkylation sites (tertiary alicyclic amines) is 1. The molecule has 2 aliphatic carbocycles. The van der Waals surface area contributed by atoms with E-state index in [1.165, 1.54) is 11.1 Å². The number of hydrogen-bond acceptors (Lipinski definition) is 7. The molecule has 1 aliphatic heterocycles. The largest absolute Gasteiger partial charge is 0.496 e. The van der Waals surface area contributed by atoms with Crippen molar-refractivity contribution in [3.05, 3.63) is 60.0 Å². The molecule has 2 saturated carbocycles. The van der Waals surface area contributed by atoms with Crippen molar-refractivity contribution in [3.8, 4) is 16.9 Å². The van der Waals surface area contributed by atoms with Gasteiger partial charge in [0.1, 0.15) is 17.7 Å². The molecule has 2 aromatic heterocycles. The number of aliphatic hydroxyl groups excluding tert-OH is 1. The van der Waals surface area contributed by atoms with E-state index in [0.717, 1.165) is 42.6 Å². The van der Waals surface area contributed by atoms with Gasteiger partial charge in [0.15, 0.2) is 0 Å². The molecule has 0 unspecified atom stereocenters. The first-order chi connectivity index (χ1) is 24.0. The van der Waals surface area contributed by atoms with E-state index in [0.29, 0.717) is 75.8 Å². The van der Waals surface area contributed by atoms with E-state index in [4.69, 9.17) is 14.5 Å². The van der Waals surface area contributed by atoms with E-state index >= 15 is 0 Å². The van der Waals surface area contributed by atoms with E-state index < -0.39 is 0 Å². The van der Waals surface area contributed by atoms with Crippen LogP contribution in [0.2, 0.25) is 0 Å². The molecule has 1 aromatic carbocycles. The van der Waals surface area contributed by atoms with Gasteiger partial charge in [0.25, 0.3) is 0 Å². The predicted molar refractivity (Wildman–Crippen MR) is 194 cm³/mol. The van der Waals surface area contributed by atoms with Crippen LogP contribution >= 0.6 is 0 Å². The number of carbonyl (C=O) groups excluding carboxylic acids is 2. The molecule has 3 aliphatic rings. The van der Waals surface area contributed by atoms with Crippen molar-refractivity contribution in [1.82, 2.24) is 19.7 Å². The fourth-order valence-corrected chi connectivity index (χ4v) is 7.89. The third kappa shape index (κ3) is 8.50. The maximum absolute atomic E-state index is 14.5. The lowest BCUT2D eigenvalue weighted by Crippen LogP contribution is -2.44. The number of aryl methyl sites for hydroxylation is 1. The van der Waals surface area contributed by atoms with Crippen LogP contribution in [0.1, 0.15) is 102 Å². The zero-order chi connectivity index (χ0) is 35.4. The fourth-order valence-electron chi connectivity index (χ4n) is 7.89. The van der Waals surface area contributed by atoms with E-state index in [1.54, 1.807) is 18.2 Å². The number of nitrogens with zero attached hydrogens (tertiary/aromatic N) is 5. The van der Waals surface area contributed by atoms with Crippen LogP contribution in [0.3, 0.4) is 0 Å². The molecule has 3 aromatic rings. The van der Waals surface area contributed by atoms with Gasteiger partial charge < -0.3 is 19.5 Å². The first kappa shape index (κ1) is 35.9. The lowest BCUT2D eigenvalue weighted by Gasteiger charge is -2.36. The molecule has 1 N–H and O–H groups in total. The van der Waals surface area contributed by atoms with Crippen LogP contribution in [0.5, 0.6) is 5.75 Å². The predicted octanol–water partition coefficient (Wildman–Crippen LogP) is 7.48. The Bertz CT molecular complexity index is 1610. The highest BCUT2D eigenvalue weighted by molar-refractivity contribution is 5.94. The number of aromatic nitrogens is 3. The Morgan fingerprint density at radius 1 is 0.940 bits per heavy atom. The first-order valence-corrected chi connectivity index (χ1v) is 18.6. The summed E-state index contributed by atoms with van der Waals surface area (Å²) in [5.41, 5.74) is 4.39. The molecule has 50 heavy (non-hydrogen) atoms. The normalized spacial score (nSPS) is 23.4. The van der Waals surface area contributed by atoms with E-state index in [2.05, 4.69) is 57.2 Å². The van der Waals surface area contributed by atoms with Crippen molar-refractivity contribution in [2.75, 3.05) is 31.6 Å². The molecular formula is C40H55N5O5. The van der Waals surface area contributed by atoms with E-state index in [9.17, 15) is 14.7 Å². The van der Waals surface area contributed by atoms with Crippen LogP contribution in [0, 0.1) is 18.8 Å². The lowest BCUT2D eigenvalue weighted by atomic mass is 9.78. The third-order valence-corrected chi connectivity index (χ3v) is 11.1. The fraction of sp³-hybridized carbons (Fsp3) is 0.600. The average Bonchev–Trinajstić information content (AvgIpc) is 3.63. The molecule has 0 radical (unpaired) electrons. The summed E-state index contributed by atoms with van der Waals surface area (Å²) in [6.45, 7) is 10.2. The zero-order valence-corrected chi connectivity index (χ0v) is 30.5. The van der Waals surface area contributed by atoms with Crippen molar-refractivity contribution in [2.45, 2.75) is 116 Å². The summed E-state index contributed by atoms with van der Waals surface area (Å²) in [4.78, 5) is 35.7.